The molecule has 6 aromatic carbocycles. The van der Waals surface area contributed by atoms with E-state index in [-0.39, 0.29) is 5.41 Å². The van der Waals surface area contributed by atoms with Gasteiger partial charge in [0.15, 0.2) is 0 Å². The maximum atomic E-state index is 7.27. The second-order valence-corrected chi connectivity index (χ2v) is 16.6. The van der Waals surface area contributed by atoms with Gasteiger partial charge in [-0.05, 0) is 90.6 Å². The Bertz CT molecular complexity index is 2220. The van der Waals surface area contributed by atoms with Crippen molar-refractivity contribution < 1.29 is 18.1 Å². The summed E-state index contributed by atoms with van der Waals surface area (Å²) >= 11 is 0. The zero-order valence-corrected chi connectivity index (χ0v) is 32.7. The molecule has 0 radical (unpaired) electrons. The van der Waals surface area contributed by atoms with Gasteiger partial charge in [-0.25, -0.2) is 0 Å². The summed E-state index contributed by atoms with van der Waals surface area (Å²) in [6, 6.07) is 49.0. The molecular weight excluding hydrogens is 690 g/mol. The molecule has 0 fully saturated rings. The van der Waals surface area contributed by atoms with E-state index in [4.69, 9.17) is 18.1 Å². The maximum Gasteiger partial charge on any atom is 0.326 e. The molecule has 53 heavy (non-hydrogen) atoms. The Labute approximate surface area is 317 Å². The monoisotopic (exact) mass is 736 g/mol. The number of hydrogen-bond donors (Lipinski definition) is 0. The number of hydrogen-bond acceptors (Lipinski definition) is 4. The van der Waals surface area contributed by atoms with Crippen molar-refractivity contribution in [2.75, 3.05) is 0 Å². The molecule has 4 nitrogen and oxygen atoms in total. The Morgan fingerprint density at radius 2 is 1.04 bits per heavy atom. The zero-order chi connectivity index (χ0) is 36.4. The van der Waals surface area contributed by atoms with Crippen molar-refractivity contribution in [3.05, 3.63) is 156 Å². The molecule has 6 aromatic rings. The third-order valence-corrected chi connectivity index (χ3v) is 14.2. The van der Waals surface area contributed by atoms with Crippen molar-refractivity contribution in [1.29, 1.82) is 0 Å². The van der Waals surface area contributed by atoms with Crippen LogP contribution in [0.2, 0.25) is 0 Å². The molecule has 0 bridgehead atoms. The lowest BCUT2D eigenvalue weighted by atomic mass is 9.71. The minimum Gasteiger partial charge on any atom is -0.435 e. The van der Waals surface area contributed by atoms with Crippen molar-refractivity contribution in [2.24, 2.45) is 0 Å². The van der Waals surface area contributed by atoms with Crippen molar-refractivity contribution in [2.45, 2.75) is 71.1 Å². The summed E-state index contributed by atoms with van der Waals surface area (Å²) in [5, 5.41) is 2.21. The minimum absolute atomic E-state index is 0.227. The highest BCUT2D eigenvalue weighted by Gasteiger charge is 2.37. The second kappa shape index (κ2) is 15.4. The zero-order valence-electron chi connectivity index (χ0n) is 30.9. The van der Waals surface area contributed by atoms with Crippen molar-refractivity contribution >= 4 is 27.4 Å². The number of rotatable bonds is 12. The minimum atomic E-state index is -1.42. The van der Waals surface area contributed by atoms with Crippen LogP contribution in [-0.2, 0) is 11.8 Å². The molecule has 0 N–H and O–H groups in total. The van der Waals surface area contributed by atoms with Crippen molar-refractivity contribution in [3.63, 3.8) is 0 Å². The van der Waals surface area contributed by atoms with Crippen LogP contribution in [0.5, 0.6) is 23.0 Å². The van der Waals surface area contributed by atoms with E-state index in [9.17, 15) is 0 Å². The standard InChI is InChI=1S/C47H46O4P2/c1-5-33(6-2)35-25-19-20-34(46(35)51-53-45-31-18-12-24-39(45)37-22-10-15-28-42(37)49-53)32-47(7-3,8-4)40-26-13-16-29-43(40)50-52-44-30-17-11-23-38(44)36-21-9-14-27-41(36)48-52/h9-31,33H,5-8,32H2,1-4H3. The van der Waals surface area contributed by atoms with Gasteiger partial charge in [-0.3, -0.25) is 0 Å². The van der Waals surface area contributed by atoms with E-state index in [1.165, 1.54) is 27.8 Å². The van der Waals surface area contributed by atoms with Gasteiger partial charge in [0, 0.05) is 22.1 Å². The second-order valence-electron chi connectivity index (χ2n) is 13.9. The van der Waals surface area contributed by atoms with Crippen LogP contribution in [0.3, 0.4) is 0 Å². The van der Waals surface area contributed by atoms with Crippen LogP contribution in [0.15, 0.2) is 140 Å². The van der Waals surface area contributed by atoms with E-state index in [1.54, 1.807) is 0 Å². The van der Waals surface area contributed by atoms with Gasteiger partial charge in [0.05, 0.1) is 10.6 Å². The van der Waals surface area contributed by atoms with Gasteiger partial charge in [-0.2, -0.15) is 0 Å². The normalized spacial score (nSPS) is 15.6. The Kier molecular flexibility index (Phi) is 10.3. The third-order valence-electron chi connectivity index (χ3n) is 11.2. The van der Waals surface area contributed by atoms with Gasteiger partial charge >= 0.3 is 16.8 Å². The molecule has 0 aromatic heterocycles. The molecule has 2 aliphatic rings. The molecule has 0 spiro atoms. The largest absolute Gasteiger partial charge is 0.435 e. The van der Waals surface area contributed by atoms with Gasteiger partial charge in [-0.15, -0.1) is 0 Å². The topological polar surface area (TPSA) is 36.9 Å². The van der Waals surface area contributed by atoms with E-state index in [2.05, 4.69) is 149 Å². The Morgan fingerprint density at radius 3 is 1.62 bits per heavy atom. The highest BCUT2D eigenvalue weighted by Crippen LogP contribution is 2.54. The molecule has 6 heteroatoms. The lowest BCUT2D eigenvalue weighted by Crippen LogP contribution is -2.29. The number of para-hydroxylation sites is 4. The summed E-state index contributed by atoms with van der Waals surface area (Å²) in [6.45, 7) is 9.17. The van der Waals surface area contributed by atoms with Crippen molar-refractivity contribution in [3.8, 4) is 45.3 Å². The number of fused-ring (bicyclic) bond motifs is 6. The molecule has 2 heterocycles. The van der Waals surface area contributed by atoms with E-state index in [1.807, 2.05) is 18.2 Å². The average molecular weight is 737 g/mol. The van der Waals surface area contributed by atoms with Crippen LogP contribution in [0.4, 0.5) is 0 Å². The lowest BCUT2D eigenvalue weighted by molar-refractivity contribution is 0.374. The van der Waals surface area contributed by atoms with Crippen molar-refractivity contribution in [1.82, 2.24) is 0 Å². The number of benzene rings is 6. The van der Waals surface area contributed by atoms with Crippen LogP contribution in [0, 0.1) is 0 Å². The summed E-state index contributed by atoms with van der Waals surface area (Å²) in [7, 11) is -2.83. The molecule has 0 saturated carbocycles. The SMILES string of the molecule is CCC(CC)c1cccc(CC(CC)(CC)c2ccccc2OP2Oc3ccccc3-c3ccccc32)c1OP1Oc2ccccc2-c2ccccc21. The van der Waals surface area contributed by atoms with Gasteiger partial charge in [-0.1, -0.05) is 137 Å². The van der Waals surface area contributed by atoms with Gasteiger partial charge in [0.2, 0.25) is 0 Å². The first-order valence-corrected chi connectivity index (χ1v) is 21.3. The molecule has 0 saturated heterocycles. The lowest BCUT2D eigenvalue weighted by Gasteiger charge is -2.36. The van der Waals surface area contributed by atoms with E-state index >= 15 is 0 Å². The van der Waals surface area contributed by atoms with E-state index < -0.39 is 16.8 Å². The molecular formula is C47H46O4P2. The van der Waals surface area contributed by atoms with Crippen LogP contribution >= 0.6 is 16.8 Å². The maximum absolute atomic E-state index is 7.27. The summed E-state index contributed by atoms with van der Waals surface area (Å²) in [5.41, 5.74) is 8.01. The predicted octanol–water partition coefficient (Wildman–Crippen LogP) is 13.0. The fraction of sp³-hybridized carbons (Fsp3) is 0.234. The molecule has 0 aliphatic carbocycles. The van der Waals surface area contributed by atoms with E-state index in [0.29, 0.717) is 5.92 Å². The van der Waals surface area contributed by atoms with Gasteiger partial charge in [0.25, 0.3) is 0 Å². The summed E-state index contributed by atoms with van der Waals surface area (Å²) < 4.78 is 27.7. The highest BCUT2D eigenvalue weighted by molar-refractivity contribution is 7.57. The highest BCUT2D eigenvalue weighted by atomic mass is 31.2. The Balaban J connectivity index is 1.18. The van der Waals surface area contributed by atoms with Crippen LogP contribution in [-0.4, -0.2) is 0 Å². The summed E-state index contributed by atoms with van der Waals surface area (Å²) in [4.78, 5) is 0. The smallest absolute Gasteiger partial charge is 0.326 e. The van der Waals surface area contributed by atoms with Gasteiger partial charge in [0.1, 0.15) is 23.0 Å². The van der Waals surface area contributed by atoms with Gasteiger partial charge < -0.3 is 18.1 Å². The van der Waals surface area contributed by atoms with E-state index in [0.717, 1.165) is 76.8 Å². The summed E-state index contributed by atoms with van der Waals surface area (Å²) in [5.74, 6) is 3.95. The molecule has 2 unspecified atom stereocenters. The molecule has 8 rings (SSSR count). The van der Waals surface area contributed by atoms with Crippen LogP contribution < -0.4 is 28.7 Å². The molecule has 2 aliphatic heterocycles. The third kappa shape index (κ3) is 6.62. The summed E-state index contributed by atoms with van der Waals surface area (Å²) in [6.07, 6.45) is 4.72. The molecule has 2 atom stereocenters. The quantitative estimate of drug-likeness (QED) is 0.117. The first-order valence-electron chi connectivity index (χ1n) is 19.0. The molecule has 0 amide bonds. The Hall–Kier alpha value is -4.62. The predicted molar refractivity (Wildman–Crippen MR) is 222 cm³/mol. The first-order chi connectivity index (χ1) is 26.1. The van der Waals surface area contributed by atoms with Crippen LogP contribution in [0.25, 0.3) is 22.3 Å². The Morgan fingerprint density at radius 1 is 0.528 bits per heavy atom. The first kappa shape index (κ1) is 35.4. The fourth-order valence-electron chi connectivity index (χ4n) is 8.07. The molecule has 268 valence electrons. The average Bonchev–Trinajstić information content (AvgIpc) is 3.22. The van der Waals surface area contributed by atoms with Crippen LogP contribution in [0.1, 0.15) is 76.0 Å². The fourth-order valence-corrected chi connectivity index (χ4v) is 11.1.